The van der Waals surface area contributed by atoms with Crippen molar-refractivity contribution in [3.8, 4) is 0 Å². The van der Waals surface area contributed by atoms with E-state index in [1.807, 2.05) is 0 Å². The van der Waals surface area contributed by atoms with Gasteiger partial charge in [-0.2, -0.15) is 0 Å². The van der Waals surface area contributed by atoms with Crippen LogP contribution in [0.4, 0.5) is 0 Å². The fourth-order valence-electron chi connectivity index (χ4n) is 0. The third-order valence-electron chi connectivity index (χ3n) is 0. The van der Waals surface area contributed by atoms with E-state index in [0.29, 0.717) is 22.5 Å². The molecule has 0 spiro atoms. The molecule has 4 heteroatoms. The Bertz CT molecular complexity index is 8.00. The molecule has 0 aromatic heterocycles. The van der Waals surface area contributed by atoms with Crippen LogP contribution in [0, 0.1) is 0 Å². The van der Waals surface area contributed by atoms with Gasteiger partial charge in [0.15, 0.2) is 0 Å². The van der Waals surface area contributed by atoms with E-state index >= 15 is 0 Å². The number of hydrogen-bond donors (Lipinski definition) is 0. The van der Waals surface area contributed by atoms with Gasteiger partial charge in [-0.15, -0.1) is 0 Å². The van der Waals surface area contributed by atoms with Crippen LogP contribution in [-0.4, -0.2) is 59.9 Å². The molecule has 0 heterocycles. The van der Waals surface area contributed by atoms with E-state index in [2.05, 4.69) is 0 Å². The first kappa shape index (κ1) is 17.1. The van der Waals surface area contributed by atoms with Gasteiger partial charge < -0.3 is 0 Å². The van der Waals surface area contributed by atoms with Crippen molar-refractivity contribution >= 4 is 59.9 Å². The predicted octanol–water partition coefficient (Wildman–Crippen LogP) is -3.14. The quantitative estimate of drug-likeness (QED) is 0.430. The second kappa shape index (κ2) is 21.6. The summed E-state index contributed by atoms with van der Waals surface area (Å²) in [5.74, 6) is 0. The SMILES string of the molecule is [GaH3].[GeH4].[O]=[Sn]. The summed E-state index contributed by atoms with van der Waals surface area (Å²) in [4.78, 5) is 0. The van der Waals surface area contributed by atoms with Crippen LogP contribution in [0.3, 0.4) is 0 Å². The van der Waals surface area contributed by atoms with Crippen molar-refractivity contribution in [1.82, 2.24) is 0 Å². The van der Waals surface area contributed by atoms with Crippen molar-refractivity contribution < 1.29 is 3.08 Å². The Morgan fingerprint density at radius 2 is 1.25 bits per heavy atom. The van der Waals surface area contributed by atoms with Gasteiger partial charge in [-0.05, 0) is 0 Å². The average Bonchev–Trinajstić information content (AvgIpc) is 1.00. The molecule has 0 unspecified atom stereocenters. The second-order valence-electron chi connectivity index (χ2n) is 0. The Kier molecular flexibility index (Phi) is 92.2. The van der Waals surface area contributed by atoms with Crippen LogP contribution in [0.15, 0.2) is 0 Å². The zero-order chi connectivity index (χ0) is 2.00. The molecule has 0 amide bonds. The van der Waals surface area contributed by atoms with Gasteiger partial charge in [-0.1, -0.05) is 0 Å². The minimum atomic E-state index is 0. The van der Waals surface area contributed by atoms with Crippen LogP contribution in [-0.2, 0) is 3.08 Å². The number of rotatable bonds is 0. The van der Waals surface area contributed by atoms with Crippen molar-refractivity contribution in [2.75, 3.05) is 0 Å². The molecule has 0 saturated heterocycles. The summed E-state index contributed by atoms with van der Waals surface area (Å²) in [6.45, 7) is 0. The molecule has 0 aliphatic rings. The fraction of sp³-hybridized carbons (Fsp3) is 0. The molecule has 0 aliphatic heterocycles. The second-order valence-corrected chi connectivity index (χ2v) is 0. The summed E-state index contributed by atoms with van der Waals surface area (Å²) in [6.07, 6.45) is 0. The molecule has 1 nitrogen and oxygen atoms in total. The third-order valence-corrected chi connectivity index (χ3v) is 0. The van der Waals surface area contributed by atoms with E-state index in [1.165, 1.54) is 0 Å². The Balaban J connectivity index is -0.00000000500. The summed E-state index contributed by atoms with van der Waals surface area (Å²) in [5.41, 5.74) is 0. The van der Waals surface area contributed by atoms with Gasteiger partial charge in [-0.3, -0.25) is 0 Å². The minimum absolute atomic E-state index is 0. The molecule has 0 aromatic rings. The van der Waals surface area contributed by atoms with Crippen LogP contribution in [0.2, 0.25) is 0 Å². The van der Waals surface area contributed by atoms with Crippen molar-refractivity contribution in [3.05, 3.63) is 0 Å². The van der Waals surface area contributed by atoms with Crippen molar-refractivity contribution in [2.24, 2.45) is 0 Å². The predicted molar refractivity (Wildman–Crippen MR) is 27.7 cm³/mol. The Labute approximate surface area is 62.4 Å². The molecule has 0 aromatic carbocycles. The van der Waals surface area contributed by atoms with Crippen LogP contribution in [0.25, 0.3) is 0 Å². The van der Waals surface area contributed by atoms with E-state index in [4.69, 9.17) is 3.08 Å². The van der Waals surface area contributed by atoms with Crippen LogP contribution >= 0.6 is 0 Å². The van der Waals surface area contributed by atoms with Crippen molar-refractivity contribution in [2.45, 2.75) is 0 Å². The summed E-state index contributed by atoms with van der Waals surface area (Å²) in [5, 5.41) is 0. The van der Waals surface area contributed by atoms with Gasteiger partial charge in [0.2, 0.25) is 0 Å². The topological polar surface area (TPSA) is 17.1 Å². The first-order chi connectivity index (χ1) is 1.00. The van der Waals surface area contributed by atoms with E-state index in [-0.39, 0.29) is 37.4 Å². The van der Waals surface area contributed by atoms with Crippen LogP contribution < -0.4 is 0 Å². The van der Waals surface area contributed by atoms with Crippen LogP contribution in [0.5, 0.6) is 0 Å². The molecule has 4 heavy (non-hydrogen) atoms. The standard InChI is InChI=1S/Ga.GeH4.O.Sn.3H/h;1H4;;;;;. The summed E-state index contributed by atoms with van der Waals surface area (Å²) >= 11 is 0.300. The summed E-state index contributed by atoms with van der Waals surface area (Å²) < 4.78 is 8.34. The van der Waals surface area contributed by atoms with E-state index in [0.717, 1.165) is 0 Å². The molecule has 2 radical (unpaired) electrons. The molecule has 0 rings (SSSR count). The first-order valence-electron chi connectivity index (χ1n) is 0.204. The zero-order valence-electron chi connectivity index (χ0n) is 0.908. The van der Waals surface area contributed by atoms with Gasteiger partial charge in [-0.25, -0.2) is 0 Å². The van der Waals surface area contributed by atoms with Crippen molar-refractivity contribution in [3.63, 3.8) is 0 Å². The fourth-order valence-corrected chi connectivity index (χ4v) is 0. The molecule has 24 valence electrons. The first-order valence-corrected chi connectivity index (χ1v) is 1.37. The maximum atomic E-state index is 8.34. The number of hydrogen-bond acceptors (Lipinski definition) is 1. The van der Waals surface area contributed by atoms with Gasteiger partial charge in [0.1, 0.15) is 0 Å². The normalized spacial score (nSPS) is 1.00. The Hall–Kier alpha value is 1.78. The van der Waals surface area contributed by atoms with E-state index in [1.54, 1.807) is 0 Å². The molecule has 0 atom stereocenters. The molecule has 0 aliphatic carbocycles. The van der Waals surface area contributed by atoms with E-state index in [9.17, 15) is 0 Å². The van der Waals surface area contributed by atoms with Gasteiger partial charge in [0.25, 0.3) is 0 Å². The van der Waals surface area contributed by atoms with E-state index < -0.39 is 0 Å². The van der Waals surface area contributed by atoms with Gasteiger partial charge >= 0.3 is 63.0 Å². The zero-order valence-corrected chi connectivity index (χ0v) is 3.76. The van der Waals surface area contributed by atoms with Gasteiger partial charge in [0.05, 0.1) is 0 Å². The molecular formula is H7GaGeOSn. The van der Waals surface area contributed by atoms with Crippen molar-refractivity contribution in [1.29, 1.82) is 0 Å². The Morgan fingerprint density at radius 1 is 1.25 bits per heavy atom. The van der Waals surface area contributed by atoms with Gasteiger partial charge in [0, 0.05) is 0 Å². The Morgan fingerprint density at radius 3 is 1.25 bits per heavy atom. The summed E-state index contributed by atoms with van der Waals surface area (Å²) in [7, 11) is 0. The molecular weight excluding hydrogens is 277 g/mol. The summed E-state index contributed by atoms with van der Waals surface area (Å²) in [6, 6.07) is 0. The van der Waals surface area contributed by atoms with Crippen LogP contribution in [0.1, 0.15) is 0 Å². The molecule has 0 saturated carbocycles. The third kappa shape index (κ3) is 9.22. The maximum absolute atomic E-state index is 8.34. The molecule has 0 N–H and O–H groups in total. The average molecular weight is 284 g/mol. The monoisotopic (exact) mass is 286 g/mol. The molecule has 0 bridgehead atoms. The molecule has 0 fully saturated rings.